The van der Waals surface area contributed by atoms with E-state index in [0.29, 0.717) is 21.9 Å². The molecule has 2 aromatic carbocycles. The predicted octanol–water partition coefficient (Wildman–Crippen LogP) is 5.88. The number of ether oxygens (including phenoxy) is 1. The summed E-state index contributed by atoms with van der Waals surface area (Å²) in [6, 6.07) is 9.86. The monoisotopic (exact) mass is 392 g/mol. The summed E-state index contributed by atoms with van der Waals surface area (Å²) >= 11 is 12.4. The van der Waals surface area contributed by atoms with Crippen LogP contribution in [-0.2, 0) is 5.88 Å². The van der Waals surface area contributed by atoms with Crippen molar-refractivity contribution in [2.45, 2.75) is 5.88 Å². The highest BCUT2D eigenvalue weighted by Gasteiger charge is 2.04. The minimum Gasteiger partial charge on any atom is -0.457 e. The molecule has 0 aromatic heterocycles. The number of rotatable bonds is 3. The maximum absolute atomic E-state index is 13.2. The molecule has 0 saturated heterocycles. The van der Waals surface area contributed by atoms with Gasteiger partial charge in [0.15, 0.2) is 0 Å². The fraction of sp³-hybridized carbons (Fsp3) is 0.0769. The van der Waals surface area contributed by atoms with E-state index in [9.17, 15) is 4.39 Å². The minimum atomic E-state index is -0.351. The van der Waals surface area contributed by atoms with Crippen molar-refractivity contribution in [2.24, 2.45) is 0 Å². The number of halogens is 4. The van der Waals surface area contributed by atoms with Crippen LogP contribution in [0.2, 0.25) is 0 Å². The molecule has 94 valence electrons. The van der Waals surface area contributed by atoms with Gasteiger partial charge in [0.05, 0.1) is 0 Å². The molecular weight excluding hydrogens is 386 g/mol. The molecule has 0 heterocycles. The summed E-state index contributed by atoms with van der Waals surface area (Å²) in [5.41, 5.74) is 0.976. The van der Waals surface area contributed by atoms with Crippen LogP contribution in [0.4, 0.5) is 4.39 Å². The first kappa shape index (κ1) is 13.8. The van der Waals surface area contributed by atoms with Crippen molar-refractivity contribution in [2.75, 3.05) is 0 Å². The van der Waals surface area contributed by atoms with Gasteiger partial charge in [-0.15, -0.1) is 11.6 Å². The van der Waals surface area contributed by atoms with Crippen molar-refractivity contribution in [1.82, 2.24) is 0 Å². The third-order valence-electron chi connectivity index (χ3n) is 2.24. The Labute approximate surface area is 126 Å². The van der Waals surface area contributed by atoms with Crippen LogP contribution in [0.25, 0.3) is 0 Å². The molecule has 0 atom stereocenters. The molecule has 0 amide bonds. The molecule has 5 heteroatoms. The van der Waals surface area contributed by atoms with Crippen molar-refractivity contribution >= 4 is 43.5 Å². The van der Waals surface area contributed by atoms with Crippen LogP contribution in [0.15, 0.2) is 45.3 Å². The second-order valence-corrected chi connectivity index (χ2v) is 5.63. The van der Waals surface area contributed by atoms with Crippen LogP contribution < -0.4 is 4.74 Å². The molecule has 0 aliphatic rings. The summed E-state index contributed by atoms with van der Waals surface area (Å²) in [7, 11) is 0. The SMILES string of the molecule is Fc1cc(Br)cc(Oc2ccc(CCl)c(Br)c2)c1. The van der Waals surface area contributed by atoms with Crippen molar-refractivity contribution in [3.05, 3.63) is 56.7 Å². The average molecular weight is 394 g/mol. The largest absolute Gasteiger partial charge is 0.457 e. The lowest BCUT2D eigenvalue weighted by Gasteiger charge is -2.08. The molecule has 0 unspecified atom stereocenters. The number of alkyl halides is 1. The number of hydrogen-bond acceptors (Lipinski definition) is 1. The van der Waals surface area contributed by atoms with Gasteiger partial charge in [-0.1, -0.05) is 37.9 Å². The Kier molecular flexibility index (Phi) is 4.65. The van der Waals surface area contributed by atoms with Gasteiger partial charge < -0.3 is 4.74 Å². The van der Waals surface area contributed by atoms with Crippen LogP contribution in [0.3, 0.4) is 0 Å². The van der Waals surface area contributed by atoms with Gasteiger partial charge in [0.25, 0.3) is 0 Å². The van der Waals surface area contributed by atoms with Crippen molar-refractivity contribution in [3.8, 4) is 11.5 Å². The van der Waals surface area contributed by atoms with E-state index in [0.717, 1.165) is 10.0 Å². The second kappa shape index (κ2) is 6.04. The van der Waals surface area contributed by atoms with E-state index < -0.39 is 0 Å². The van der Waals surface area contributed by atoms with Gasteiger partial charge in [0, 0.05) is 20.9 Å². The van der Waals surface area contributed by atoms with E-state index in [1.807, 2.05) is 6.07 Å². The van der Waals surface area contributed by atoms with Crippen LogP contribution in [0, 0.1) is 5.82 Å². The summed E-state index contributed by atoms with van der Waals surface area (Å²) in [5, 5.41) is 0. The zero-order chi connectivity index (χ0) is 13.1. The van der Waals surface area contributed by atoms with E-state index in [2.05, 4.69) is 31.9 Å². The third-order valence-corrected chi connectivity index (χ3v) is 3.72. The summed E-state index contributed by atoms with van der Waals surface area (Å²) in [6.45, 7) is 0. The molecule has 0 saturated carbocycles. The van der Waals surface area contributed by atoms with Crippen LogP contribution in [0.1, 0.15) is 5.56 Å². The first-order chi connectivity index (χ1) is 8.58. The molecule has 0 spiro atoms. The predicted molar refractivity (Wildman–Crippen MR) is 77.9 cm³/mol. The van der Waals surface area contributed by atoms with Gasteiger partial charge in [-0.05, 0) is 29.8 Å². The Hall–Kier alpha value is -0.580. The lowest BCUT2D eigenvalue weighted by Crippen LogP contribution is -1.88. The minimum absolute atomic E-state index is 0.351. The first-order valence-corrected chi connectivity index (χ1v) is 7.19. The fourth-order valence-electron chi connectivity index (χ4n) is 1.42. The Morgan fingerprint density at radius 1 is 1.06 bits per heavy atom. The highest BCUT2D eigenvalue weighted by molar-refractivity contribution is 9.10. The van der Waals surface area contributed by atoms with E-state index in [-0.39, 0.29) is 5.82 Å². The summed E-state index contributed by atoms with van der Waals surface area (Å²) < 4.78 is 20.3. The fourth-order valence-corrected chi connectivity index (χ4v) is 2.76. The molecule has 1 nitrogen and oxygen atoms in total. The Morgan fingerprint density at radius 3 is 2.44 bits per heavy atom. The van der Waals surface area contributed by atoms with Crippen molar-refractivity contribution in [3.63, 3.8) is 0 Å². The Balaban J connectivity index is 2.25. The standard InChI is InChI=1S/C13H8Br2ClFO/c14-9-3-10(17)5-12(4-9)18-11-2-1-8(7-16)13(15)6-11/h1-6H,7H2. The highest BCUT2D eigenvalue weighted by Crippen LogP contribution is 2.29. The Morgan fingerprint density at radius 2 is 1.83 bits per heavy atom. The summed E-state index contributed by atoms with van der Waals surface area (Å²) in [5.74, 6) is 1.13. The molecule has 0 bridgehead atoms. The summed E-state index contributed by atoms with van der Waals surface area (Å²) in [6.07, 6.45) is 0. The molecule has 0 fully saturated rings. The topological polar surface area (TPSA) is 9.23 Å². The van der Waals surface area contributed by atoms with E-state index in [1.165, 1.54) is 12.1 Å². The molecule has 0 N–H and O–H groups in total. The lowest BCUT2D eigenvalue weighted by atomic mass is 10.2. The van der Waals surface area contributed by atoms with E-state index in [1.54, 1.807) is 18.2 Å². The zero-order valence-electron chi connectivity index (χ0n) is 9.09. The van der Waals surface area contributed by atoms with Crippen LogP contribution in [-0.4, -0.2) is 0 Å². The molecule has 0 radical (unpaired) electrons. The van der Waals surface area contributed by atoms with Crippen LogP contribution in [0.5, 0.6) is 11.5 Å². The second-order valence-electron chi connectivity index (χ2n) is 3.59. The first-order valence-electron chi connectivity index (χ1n) is 5.07. The molecular formula is C13H8Br2ClFO. The van der Waals surface area contributed by atoms with Gasteiger partial charge in [-0.3, -0.25) is 0 Å². The molecule has 0 aliphatic heterocycles. The van der Waals surface area contributed by atoms with Crippen molar-refractivity contribution in [1.29, 1.82) is 0 Å². The van der Waals surface area contributed by atoms with E-state index >= 15 is 0 Å². The van der Waals surface area contributed by atoms with Crippen molar-refractivity contribution < 1.29 is 9.13 Å². The van der Waals surface area contributed by atoms with Gasteiger partial charge in [-0.25, -0.2) is 4.39 Å². The normalized spacial score (nSPS) is 10.4. The molecule has 2 rings (SSSR count). The lowest BCUT2D eigenvalue weighted by molar-refractivity contribution is 0.476. The van der Waals surface area contributed by atoms with E-state index in [4.69, 9.17) is 16.3 Å². The maximum Gasteiger partial charge on any atom is 0.131 e. The highest BCUT2D eigenvalue weighted by atomic mass is 79.9. The smallest absolute Gasteiger partial charge is 0.131 e. The molecule has 0 aliphatic carbocycles. The average Bonchev–Trinajstić information content (AvgIpc) is 2.27. The quantitative estimate of drug-likeness (QED) is 0.591. The molecule has 2 aromatic rings. The molecule has 18 heavy (non-hydrogen) atoms. The maximum atomic E-state index is 13.2. The number of hydrogen-bond donors (Lipinski definition) is 0. The zero-order valence-corrected chi connectivity index (χ0v) is 13.0. The van der Waals surface area contributed by atoms with Gasteiger partial charge >= 0.3 is 0 Å². The number of benzene rings is 2. The van der Waals surface area contributed by atoms with Crippen LogP contribution >= 0.6 is 43.5 Å². The van der Waals surface area contributed by atoms with Gasteiger partial charge in [0.2, 0.25) is 0 Å². The third kappa shape index (κ3) is 3.46. The van der Waals surface area contributed by atoms with Gasteiger partial charge in [0.1, 0.15) is 17.3 Å². The summed E-state index contributed by atoms with van der Waals surface area (Å²) in [4.78, 5) is 0. The Bertz CT molecular complexity index is 555. The van der Waals surface area contributed by atoms with Gasteiger partial charge in [-0.2, -0.15) is 0 Å².